The number of piperazine rings is 1. The van der Waals surface area contributed by atoms with Crippen molar-refractivity contribution in [2.45, 2.75) is 32.7 Å². The van der Waals surface area contributed by atoms with Gasteiger partial charge in [-0.05, 0) is 18.6 Å². The zero-order chi connectivity index (χ0) is 16.9. The van der Waals surface area contributed by atoms with Gasteiger partial charge in [-0.15, -0.1) is 0 Å². The minimum absolute atomic E-state index is 0.120. The van der Waals surface area contributed by atoms with Crippen LogP contribution in [0.5, 0.6) is 0 Å². The van der Waals surface area contributed by atoms with Crippen molar-refractivity contribution in [1.82, 2.24) is 14.9 Å². The molecular formula is C18H23ClN4O. The van der Waals surface area contributed by atoms with Crippen molar-refractivity contribution in [3.05, 3.63) is 47.0 Å². The van der Waals surface area contributed by atoms with Crippen molar-refractivity contribution >= 4 is 23.2 Å². The van der Waals surface area contributed by atoms with E-state index in [9.17, 15) is 4.79 Å². The molecule has 1 saturated heterocycles. The average Bonchev–Trinajstić information content (AvgIpc) is 2.93. The Hall–Kier alpha value is -1.85. The lowest BCUT2D eigenvalue weighted by Gasteiger charge is -2.34. The van der Waals surface area contributed by atoms with Gasteiger partial charge in [0.25, 0.3) is 0 Å². The Morgan fingerprint density at radius 2 is 2.04 bits per heavy atom. The Kier molecular flexibility index (Phi) is 5.53. The molecule has 0 spiro atoms. The molecule has 1 aliphatic heterocycles. The molecule has 5 nitrogen and oxygen atoms in total. The van der Waals surface area contributed by atoms with E-state index >= 15 is 0 Å². The maximum absolute atomic E-state index is 12.5. The zero-order valence-electron chi connectivity index (χ0n) is 14.0. The van der Waals surface area contributed by atoms with E-state index in [1.165, 1.54) is 0 Å². The highest BCUT2D eigenvalue weighted by Gasteiger charge is 2.25. The highest BCUT2D eigenvalue weighted by atomic mass is 35.5. The summed E-state index contributed by atoms with van der Waals surface area (Å²) in [6, 6.07) is 9.81. The number of nitrogens with one attached hydrogen (secondary N) is 1. The molecule has 0 unspecified atom stereocenters. The van der Waals surface area contributed by atoms with Gasteiger partial charge in [-0.2, -0.15) is 0 Å². The maximum Gasteiger partial charge on any atom is 0.241 e. The van der Waals surface area contributed by atoms with E-state index in [1.807, 2.05) is 35.2 Å². The van der Waals surface area contributed by atoms with Crippen molar-refractivity contribution in [1.29, 1.82) is 0 Å². The van der Waals surface area contributed by atoms with Crippen molar-refractivity contribution in [2.24, 2.45) is 0 Å². The van der Waals surface area contributed by atoms with E-state index in [1.54, 1.807) is 0 Å². The smallest absolute Gasteiger partial charge is 0.241 e. The second-order valence-electron chi connectivity index (χ2n) is 6.15. The van der Waals surface area contributed by atoms with Crippen LogP contribution in [0.2, 0.25) is 5.15 Å². The molecule has 1 fully saturated rings. The largest absolute Gasteiger partial charge is 0.344 e. The van der Waals surface area contributed by atoms with Gasteiger partial charge in [0.2, 0.25) is 5.91 Å². The number of carbonyl (C=O) groups is 1. The third-order valence-corrected chi connectivity index (χ3v) is 4.61. The number of hydrogen-bond acceptors (Lipinski definition) is 3. The average molecular weight is 347 g/mol. The minimum Gasteiger partial charge on any atom is -0.344 e. The minimum atomic E-state index is 0.120. The van der Waals surface area contributed by atoms with E-state index < -0.39 is 0 Å². The van der Waals surface area contributed by atoms with E-state index in [2.05, 4.69) is 21.8 Å². The summed E-state index contributed by atoms with van der Waals surface area (Å²) < 4.78 is 0. The van der Waals surface area contributed by atoms with E-state index in [0.29, 0.717) is 24.8 Å². The molecule has 1 aromatic carbocycles. The van der Waals surface area contributed by atoms with Crippen molar-refractivity contribution in [3.8, 4) is 0 Å². The van der Waals surface area contributed by atoms with Gasteiger partial charge >= 0.3 is 0 Å². The number of benzene rings is 1. The van der Waals surface area contributed by atoms with Gasteiger partial charge in [-0.3, -0.25) is 9.69 Å². The molecule has 6 heteroatoms. The Morgan fingerprint density at radius 3 is 2.75 bits per heavy atom. The Labute approximate surface area is 147 Å². The van der Waals surface area contributed by atoms with Crippen LogP contribution in [0.25, 0.3) is 0 Å². The number of amides is 1. The molecule has 0 atom stereocenters. The normalized spacial score (nSPS) is 15.9. The zero-order valence-corrected chi connectivity index (χ0v) is 14.7. The number of aryl methyl sites for hydroxylation is 1. The number of rotatable bonds is 6. The second kappa shape index (κ2) is 7.81. The number of para-hydroxylation sites is 1. The number of unbranched alkanes of at least 4 members (excludes halogenated alkanes) is 1. The van der Waals surface area contributed by atoms with E-state index in [-0.39, 0.29) is 5.91 Å². The van der Waals surface area contributed by atoms with E-state index in [4.69, 9.17) is 11.6 Å². The van der Waals surface area contributed by atoms with E-state index in [0.717, 1.165) is 43.0 Å². The fourth-order valence-electron chi connectivity index (χ4n) is 2.97. The second-order valence-corrected chi connectivity index (χ2v) is 6.51. The van der Waals surface area contributed by atoms with Crippen LogP contribution in [0.1, 0.15) is 31.3 Å². The molecule has 3 rings (SSSR count). The standard InChI is InChI=1S/C18H23ClN4O/c1-2-3-9-16-20-15(18(19)21-16)12-22-10-11-23(17(24)13-22)14-7-5-4-6-8-14/h4-8H,2-3,9-13H2,1H3,(H,20,21). The lowest BCUT2D eigenvalue weighted by molar-refractivity contribution is -0.121. The molecular weight excluding hydrogens is 324 g/mol. The molecule has 128 valence electrons. The predicted octanol–water partition coefficient (Wildman–Crippen LogP) is 3.25. The molecule has 2 aromatic rings. The molecule has 1 aromatic heterocycles. The lowest BCUT2D eigenvalue weighted by atomic mass is 10.2. The molecule has 1 N–H and O–H groups in total. The Balaban J connectivity index is 1.60. The quantitative estimate of drug-likeness (QED) is 0.873. The summed E-state index contributed by atoms with van der Waals surface area (Å²) in [5.41, 5.74) is 1.87. The van der Waals surface area contributed by atoms with Gasteiger partial charge in [-0.25, -0.2) is 4.98 Å². The number of halogens is 1. The maximum atomic E-state index is 12.5. The molecule has 0 radical (unpaired) electrons. The molecule has 1 amide bonds. The van der Waals surface area contributed by atoms with Gasteiger partial charge in [-0.1, -0.05) is 43.1 Å². The number of hydrogen-bond donors (Lipinski definition) is 1. The molecule has 0 saturated carbocycles. The summed E-state index contributed by atoms with van der Waals surface area (Å²) in [7, 11) is 0. The Morgan fingerprint density at radius 1 is 1.25 bits per heavy atom. The number of carbonyl (C=O) groups excluding carboxylic acids is 1. The summed E-state index contributed by atoms with van der Waals surface area (Å²) in [5, 5.41) is 0.527. The highest BCUT2D eigenvalue weighted by Crippen LogP contribution is 2.20. The third kappa shape index (κ3) is 3.97. The predicted molar refractivity (Wildman–Crippen MR) is 96.3 cm³/mol. The number of imidazole rings is 1. The first-order chi connectivity index (χ1) is 11.7. The summed E-state index contributed by atoms with van der Waals surface area (Å²) >= 11 is 6.24. The summed E-state index contributed by atoms with van der Waals surface area (Å²) in [6.45, 7) is 4.70. The fourth-order valence-corrected chi connectivity index (χ4v) is 3.18. The van der Waals surface area contributed by atoms with Gasteiger partial charge in [0.05, 0.1) is 12.2 Å². The van der Waals surface area contributed by atoms with Crippen LogP contribution in [0.15, 0.2) is 30.3 Å². The first kappa shape index (κ1) is 17.0. The van der Waals surface area contributed by atoms with Crippen LogP contribution in [-0.2, 0) is 17.8 Å². The van der Waals surface area contributed by atoms with Crippen LogP contribution in [0, 0.1) is 0 Å². The van der Waals surface area contributed by atoms with Gasteiger partial charge in [0.15, 0.2) is 5.15 Å². The monoisotopic (exact) mass is 346 g/mol. The first-order valence-corrected chi connectivity index (χ1v) is 8.86. The molecule has 0 bridgehead atoms. The lowest BCUT2D eigenvalue weighted by Crippen LogP contribution is -2.50. The van der Waals surface area contributed by atoms with Crippen molar-refractivity contribution in [3.63, 3.8) is 0 Å². The van der Waals surface area contributed by atoms with Crippen molar-refractivity contribution < 1.29 is 4.79 Å². The number of nitrogens with zero attached hydrogens (tertiary/aromatic N) is 3. The summed E-state index contributed by atoms with van der Waals surface area (Å²) in [4.78, 5) is 24.1. The van der Waals surface area contributed by atoms with Gasteiger partial charge in [0, 0.05) is 31.7 Å². The van der Waals surface area contributed by atoms with Crippen molar-refractivity contribution in [2.75, 3.05) is 24.5 Å². The number of aromatic amines is 1. The van der Waals surface area contributed by atoms with Crippen LogP contribution < -0.4 is 4.90 Å². The molecule has 0 aliphatic carbocycles. The number of anilines is 1. The Bertz CT molecular complexity index is 686. The molecule has 1 aliphatic rings. The first-order valence-electron chi connectivity index (χ1n) is 8.48. The topological polar surface area (TPSA) is 52.2 Å². The summed E-state index contributed by atoms with van der Waals surface area (Å²) in [5.74, 6) is 1.06. The van der Waals surface area contributed by atoms with Crippen LogP contribution in [-0.4, -0.2) is 40.4 Å². The van der Waals surface area contributed by atoms with Crippen LogP contribution in [0.4, 0.5) is 5.69 Å². The number of aromatic nitrogens is 2. The third-order valence-electron chi connectivity index (χ3n) is 4.29. The SMILES string of the molecule is CCCCc1nc(Cl)c(CN2CCN(c3ccccc3)C(=O)C2)[nH]1. The summed E-state index contributed by atoms with van der Waals surface area (Å²) in [6.07, 6.45) is 3.14. The number of H-pyrrole nitrogens is 1. The molecule has 2 heterocycles. The van der Waals surface area contributed by atoms with Crippen LogP contribution >= 0.6 is 11.6 Å². The fraction of sp³-hybridized carbons (Fsp3) is 0.444. The van der Waals surface area contributed by atoms with Gasteiger partial charge in [0.1, 0.15) is 5.82 Å². The molecule has 24 heavy (non-hydrogen) atoms. The highest BCUT2D eigenvalue weighted by molar-refractivity contribution is 6.30. The van der Waals surface area contributed by atoms with Crippen LogP contribution in [0.3, 0.4) is 0 Å². The van der Waals surface area contributed by atoms with Gasteiger partial charge < -0.3 is 9.88 Å².